The molecule has 4 heteroatoms. The maximum absolute atomic E-state index is 13.1. The number of carbonyl (C=O) groups is 1. The smallest absolute Gasteiger partial charge is 0.237 e. The summed E-state index contributed by atoms with van der Waals surface area (Å²) in [6.45, 7) is 2.42. The molecule has 3 rings (SSSR count). The van der Waals surface area contributed by atoms with Gasteiger partial charge in [0.05, 0.1) is 12.6 Å². The van der Waals surface area contributed by atoms with Gasteiger partial charge in [-0.25, -0.2) is 0 Å². The molecule has 0 aliphatic carbocycles. The Kier molecular flexibility index (Phi) is 6.42. The molecule has 0 aromatic heterocycles. The quantitative estimate of drug-likeness (QED) is 0.869. The van der Waals surface area contributed by atoms with Crippen molar-refractivity contribution in [2.45, 2.75) is 24.9 Å². The zero-order valence-corrected chi connectivity index (χ0v) is 15.8. The number of carbonyl (C=O) groups excluding carboxylic acids is 1. The molecule has 0 spiro atoms. The number of nitrogens with one attached hydrogen (secondary N) is 1. The molecule has 1 atom stereocenters. The minimum absolute atomic E-state index is 0.0604. The fraction of sp³-hybridized carbons (Fsp3) is 0.409. The molecule has 0 saturated carbocycles. The van der Waals surface area contributed by atoms with E-state index in [1.54, 1.807) is 0 Å². The summed E-state index contributed by atoms with van der Waals surface area (Å²) in [5.74, 6) is 0.166. The Labute approximate surface area is 156 Å². The van der Waals surface area contributed by atoms with Gasteiger partial charge in [-0.1, -0.05) is 60.7 Å². The highest BCUT2D eigenvalue weighted by Crippen LogP contribution is 2.27. The van der Waals surface area contributed by atoms with E-state index in [9.17, 15) is 4.79 Å². The molecule has 1 N–H and O–H groups in total. The van der Waals surface area contributed by atoms with Crippen LogP contribution in [-0.2, 0) is 4.79 Å². The number of rotatable bonds is 6. The molecule has 1 aliphatic heterocycles. The largest absolute Gasteiger partial charge is 0.334 e. The molecule has 1 unspecified atom stereocenters. The van der Waals surface area contributed by atoms with E-state index in [0.717, 1.165) is 30.6 Å². The molecule has 138 valence electrons. The highest BCUT2D eigenvalue weighted by atomic mass is 16.2. The van der Waals surface area contributed by atoms with Crippen molar-refractivity contribution in [3.05, 3.63) is 71.8 Å². The Balaban J connectivity index is 1.77. The zero-order chi connectivity index (χ0) is 18.4. The SMILES string of the molecule is CNC1CCCN(CC(=O)N(C)C(c2ccccc2)c2ccccc2)C1. The Morgan fingerprint density at radius 1 is 1.12 bits per heavy atom. The van der Waals surface area contributed by atoms with Crippen molar-refractivity contribution in [2.75, 3.05) is 33.7 Å². The number of likely N-dealkylation sites (N-methyl/N-ethyl adjacent to an activating group) is 2. The van der Waals surface area contributed by atoms with Crippen LogP contribution in [0.25, 0.3) is 0 Å². The number of amides is 1. The number of hydrogen-bond acceptors (Lipinski definition) is 3. The maximum Gasteiger partial charge on any atom is 0.237 e. The lowest BCUT2D eigenvalue weighted by molar-refractivity contribution is -0.133. The predicted molar refractivity (Wildman–Crippen MR) is 106 cm³/mol. The summed E-state index contributed by atoms with van der Waals surface area (Å²) in [7, 11) is 3.93. The van der Waals surface area contributed by atoms with E-state index in [0.29, 0.717) is 12.6 Å². The minimum Gasteiger partial charge on any atom is -0.334 e. The van der Waals surface area contributed by atoms with Crippen LogP contribution in [-0.4, -0.2) is 55.5 Å². The topological polar surface area (TPSA) is 35.6 Å². The lowest BCUT2D eigenvalue weighted by Gasteiger charge is -2.35. The molecule has 26 heavy (non-hydrogen) atoms. The van der Waals surface area contributed by atoms with Gasteiger partial charge >= 0.3 is 0 Å². The molecule has 1 amide bonds. The number of hydrogen-bond donors (Lipinski definition) is 1. The monoisotopic (exact) mass is 351 g/mol. The summed E-state index contributed by atoms with van der Waals surface area (Å²) in [6, 6.07) is 21.0. The van der Waals surface area contributed by atoms with Crippen molar-refractivity contribution in [2.24, 2.45) is 0 Å². The maximum atomic E-state index is 13.1. The molecule has 0 bridgehead atoms. The van der Waals surface area contributed by atoms with Crippen molar-refractivity contribution in [3.63, 3.8) is 0 Å². The second-order valence-corrected chi connectivity index (χ2v) is 7.09. The van der Waals surface area contributed by atoms with Gasteiger partial charge in [0.25, 0.3) is 0 Å². The summed E-state index contributed by atoms with van der Waals surface area (Å²) in [4.78, 5) is 17.2. The molecular formula is C22H29N3O. The molecule has 2 aromatic carbocycles. The Bertz CT molecular complexity index is 650. The van der Waals surface area contributed by atoms with Gasteiger partial charge in [-0.2, -0.15) is 0 Å². The van der Waals surface area contributed by atoms with Gasteiger partial charge < -0.3 is 10.2 Å². The number of likely N-dealkylation sites (tertiary alicyclic amines) is 1. The molecular weight excluding hydrogens is 322 g/mol. The first kappa shape index (κ1) is 18.6. The number of piperidine rings is 1. The molecule has 1 heterocycles. The molecule has 0 radical (unpaired) electrons. The first-order chi connectivity index (χ1) is 12.7. The number of benzene rings is 2. The van der Waals surface area contributed by atoms with Crippen LogP contribution in [0.15, 0.2) is 60.7 Å². The fourth-order valence-corrected chi connectivity index (χ4v) is 3.79. The summed E-state index contributed by atoms with van der Waals surface area (Å²) in [5, 5.41) is 3.34. The average molecular weight is 351 g/mol. The Morgan fingerprint density at radius 2 is 1.69 bits per heavy atom. The zero-order valence-electron chi connectivity index (χ0n) is 15.8. The fourth-order valence-electron chi connectivity index (χ4n) is 3.79. The minimum atomic E-state index is -0.0604. The van der Waals surface area contributed by atoms with Crippen LogP contribution in [0.1, 0.15) is 30.0 Å². The lowest BCUT2D eigenvalue weighted by atomic mass is 9.97. The Hall–Kier alpha value is -2.17. The van der Waals surface area contributed by atoms with E-state index in [4.69, 9.17) is 0 Å². The summed E-state index contributed by atoms with van der Waals surface area (Å²) in [5.41, 5.74) is 2.28. The predicted octanol–water partition coefficient (Wildman–Crippen LogP) is 2.92. The van der Waals surface area contributed by atoms with Crippen LogP contribution >= 0.6 is 0 Å². The van der Waals surface area contributed by atoms with Crippen molar-refractivity contribution in [3.8, 4) is 0 Å². The van der Waals surface area contributed by atoms with Crippen molar-refractivity contribution < 1.29 is 4.79 Å². The summed E-state index contributed by atoms with van der Waals surface area (Å²) >= 11 is 0. The summed E-state index contributed by atoms with van der Waals surface area (Å²) in [6.07, 6.45) is 2.33. The van der Waals surface area contributed by atoms with Gasteiger partial charge in [-0.3, -0.25) is 9.69 Å². The van der Waals surface area contributed by atoms with E-state index in [1.807, 2.05) is 55.4 Å². The van der Waals surface area contributed by atoms with E-state index < -0.39 is 0 Å². The van der Waals surface area contributed by atoms with E-state index in [1.165, 1.54) is 6.42 Å². The van der Waals surface area contributed by atoms with Crippen LogP contribution in [0.3, 0.4) is 0 Å². The molecule has 1 fully saturated rings. The van der Waals surface area contributed by atoms with Gasteiger partial charge in [0.15, 0.2) is 0 Å². The van der Waals surface area contributed by atoms with Gasteiger partial charge in [0.2, 0.25) is 5.91 Å². The van der Waals surface area contributed by atoms with Crippen LogP contribution in [0.2, 0.25) is 0 Å². The molecule has 1 aliphatic rings. The third-order valence-corrected chi connectivity index (χ3v) is 5.28. The number of nitrogens with zero attached hydrogens (tertiary/aromatic N) is 2. The van der Waals surface area contributed by atoms with Crippen molar-refractivity contribution in [1.82, 2.24) is 15.1 Å². The normalized spacial score (nSPS) is 18.0. The third kappa shape index (κ3) is 4.51. The summed E-state index contributed by atoms with van der Waals surface area (Å²) < 4.78 is 0. The lowest BCUT2D eigenvalue weighted by Crippen LogP contribution is -2.48. The van der Waals surface area contributed by atoms with E-state index in [-0.39, 0.29) is 11.9 Å². The van der Waals surface area contributed by atoms with Gasteiger partial charge in [0.1, 0.15) is 0 Å². The van der Waals surface area contributed by atoms with Crippen molar-refractivity contribution >= 4 is 5.91 Å². The molecule has 4 nitrogen and oxygen atoms in total. The average Bonchev–Trinajstić information content (AvgIpc) is 2.70. The van der Waals surface area contributed by atoms with Crippen LogP contribution in [0, 0.1) is 0 Å². The van der Waals surface area contributed by atoms with E-state index in [2.05, 4.69) is 34.5 Å². The second kappa shape index (κ2) is 8.97. The second-order valence-electron chi connectivity index (χ2n) is 7.09. The van der Waals surface area contributed by atoms with Crippen LogP contribution in [0.5, 0.6) is 0 Å². The highest BCUT2D eigenvalue weighted by molar-refractivity contribution is 5.79. The van der Waals surface area contributed by atoms with Crippen LogP contribution in [0.4, 0.5) is 0 Å². The highest BCUT2D eigenvalue weighted by Gasteiger charge is 2.26. The first-order valence-electron chi connectivity index (χ1n) is 9.44. The van der Waals surface area contributed by atoms with Crippen LogP contribution < -0.4 is 5.32 Å². The van der Waals surface area contributed by atoms with Gasteiger partial charge in [0, 0.05) is 19.6 Å². The molecule has 1 saturated heterocycles. The first-order valence-corrected chi connectivity index (χ1v) is 9.44. The standard InChI is InChI=1S/C22H29N3O/c1-23-20-14-9-15-25(16-20)17-21(26)24(2)22(18-10-5-3-6-11-18)19-12-7-4-8-13-19/h3-8,10-13,20,22-23H,9,14-17H2,1-2H3. The third-order valence-electron chi connectivity index (χ3n) is 5.28. The van der Waals surface area contributed by atoms with E-state index >= 15 is 0 Å². The van der Waals surface area contributed by atoms with Crippen molar-refractivity contribution in [1.29, 1.82) is 0 Å². The van der Waals surface area contributed by atoms with Gasteiger partial charge in [-0.05, 0) is 37.6 Å². The van der Waals surface area contributed by atoms with Gasteiger partial charge in [-0.15, -0.1) is 0 Å². The molecule has 2 aromatic rings. The Morgan fingerprint density at radius 3 is 2.23 bits per heavy atom.